The summed E-state index contributed by atoms with van der Waals surface area (Å²) in [4.78, 5) is 33.0. The number of likely N-dealkylation sites (tertiary alicyclic amines) is 2. The van der Waals surface area contributed by atoms with Gasteiger partial charge < -0.3 is 28.4 Å². The summed E-state index contributed by atoms with van der Waals surface area (Å²) in [5.41, 5.74) is -4.80. The van der Waals surface area contributed by atoms with E-state index in [1.165, 1.54) is 97.2 Å². The first-order valence-corrected chi connectivity index (χ1v) is 26.4. The molecule has 0 saturated carbocycles. The smallest absolute Gasteiger partial charge is 0.379 e. The number of rotatable bonds is 12. The van der Waals surface area contributed by atoms with Crippen molar-refractivity contribution in [3.8, 4) is 0 Å². The average Bonchev–Trinajstić information content (AvgIpc) is 2.17. The number of hydrogen-bond acceptors (Lipinski definition) is 10. The van der Waals surface area contributed by atoms with Crippen molar-refractivity contribution < 1.29 is 71.7 Å². The van der Waals surface area contributed by atoms with Gasteiger partial charge in [-0.1, -0.05) is 24.3 Å². The molecule has 0 unspecified atom stereocenters. The Morgan fingerprint density at radius 3 is 1.23 bits per heavy atom. The molecule has 4 atom stereocenters. The standard InChI is InChI=1S/2C28H27F6N5O2/c2*1-16(38-7-6-19(29)11-38)17-8-21-22(23(9-17)28(32,33)34)12-39(24(21)40)20-5-3-4-18(10-20)26(13-41-14-26)27(30,31)25-36-35-15-37(25)2/h2*3-5,8-10,15-16,19H,6-7,11-14H2,1-2H3/t16-,19+;16-,19-/m10/s1. The largest absolute Gasteiger partial charge is 0.416 e. The Balaban J connectivity index is 0.000000172. The van der Waals surface area contributed by atoms with E-state index in [9.17, 15) is 44.7 Å². The van der Waals surface area contributed by atoms with E-state index in [4.69, 9.17) is 9.47 Å². The van der Waals surface area contributed by atoms with Crippen LogP contribution in [0.15, 0.2) is 85.5 Å². The number of carbonyl (C=O) groups excluding carboxylic acids is 2. The van der Waals surface area contributed by atoms with Crippen molar-refractivity contribution in [2.24, 2.45) is 14.1 Å². The molecule has 14 nitrogen and oxygen atoms in total. The number of carbonyl (C=O) groups is 2. The van der Waals surface area contributed by atoms with E-state index in [1.807, 2.05) is 0 Å². The molecule has 4 aromatic carbocycles. The van der Waals surface area contributed by atoms with Crippen molar-refractivity contribution in [1.29, 1.82) is 0 Å². The Morgan fingerprint density at radius 2 is 0.939 bits per heavy atom. The summed E-state index contributed by atoms with van der Waals surface area (Å²) in [5, 5.41) is 14.3. The Bertz CT molecular complexity index is 3230. The van der Waals surface area contributed by atoms with Crippen LogP contribution in [0.3, 0.4) is 0 Å². The first-order valence-electron chi connectivity index (χ1n) is 26.4. The Hall–Kier alpha value is -6.90. The Kier molecular flexibility index (Phi) is 14.2. The minimum atomic E-state index is -4.74. The van der Waals surface area contributed by atoms with E-state index in [1.54, 1.807) is 23.6 Å². The molecule has 0 radical (unpaired) electrons. The van der Waals surface area contributed by atoms with E-state index in [0.29, 0.717) is 25.9 Å². The predicted octanol–water partition coefficient (Wildman–Crippen LogP) is 10.3. The van der Waals surface area contributed by atoms with E-state index < -0.39 is 94.0 Å². The van der Waals surface area contributed by atoms with Crippen molar-refractivity contribution in [2.45, 2.75) is 99.2 Å². The van der Waals surface area contributed by atoms with Gasteiger partial charge in [0.25, 0.3) is 11.8 Å². The summed E-state index contributed by atoms with van der Waals surface area (Å²) in [7, 11) is 2.81. The number of hydrogen-bond donors (Lipinski definition) is 0. The van der Waals surface area contributed by atoms with E-state index in [-0.39, 0.29) is 108 Å². The fourth-order valence-corrected chi connectivity index (χ4v) is 12.1. The number of anilines is 2. The zero-order valence-electron chi connectivity index (χ0n) is 44.5. The third-order valence-corrected chi connectivity index (χ3v) is 17.1. The van der Waals surface area contributed by atoms with Gasteiger partial charge in [0.05, 0.1) is 50.6 Å². The summed E-state index contributed by atoms with van der Waals surface area (Å²) >= 11 is 0. The lowest BCUT2D eigenvalue weighted by atomic mass is 9.72. The zero-order valence-corrected chi connectivity index (χ0v) is 44.5. The topological polar surface area (TPSA) is 127 Å². The minimum absolute atomic E-state index is 0.103. The van der Waals surface area contributed by atoms with Crippen LogP contribution in [0.4, 0.5) is 64.1 Å². The molecule has 0 N–H and O–H groups in total. The molecule has 6 aliphatic rings. The van der Waals surface area contributed by atoms with Crippen LogP contribution < -0.4 is 9.80 Å². The van der Waals surface area contributed by atoms with E-state index >= 15 is 17.6 Å². The second-order valence-electron chi connectivity index (χ2n) is 22.0. The lowest BCUT2D eigenvalue weighted by molar-refractivity contribution is -0.206. The number of aromatic nitrogens is 6. The second-order valence-corrected chi connectivity index (χ2v) is 22.0. The molecule has 2 aromatic heterocycles. The maximum Gasteiger partial charge on any atom is 0.416 e. The molecule has 12 rings (SSSR count). The van der Waals surface area contributed by atoms with Gasteiger partial charge in [0, 0.05) is 74.9 Å². The van der Waals surface area contributed by atoms with Gasteiger partial charge in [-0.3, -0.25) is 19.4 Å². The van der Waals surface area contributed by atoms with Gasteiger partial charge in [0.15, 0.2) is 0 Å². The molecule has 6 aromatic rings. The van der Waals surface area contributed by atoms with Crippen LogP contribution in [-0.2, 0) is 71.7 Å². The second kappa shape index (κ2) is 20.5. The molecule has 0 bridgehead atoms. The summed E-state index contributed by atoms with van der Waals surface area (Å²) in [6, 6.07) is 15.6. The predicted molar refractivity (Wildman–Crippen MR) is 271 cm³/mol. The molecule has 2 amide bonds. The van der Waals surface area contributed by atoms with Gasteiger partial charge in [-0.15, -0.1) is 20.4 Å². The number of fused-ring (bicyclic) bond motifs is 2. The number of amides is 2. The number of benzene rings is 4. The van der Waals surface area contributed by atoms with Crippen molar-refractivity contribution >= 4 is 23.2 Å². The highest BCUT2D eigenvalue weighted by molar-refractivity contribution is 6.11. The van der Waals surface area contributed by atoms with Gasteiger partial charge >= 0.3 is 24.2 Å². The van der Waals surface area contributed by atoms with Gasteiger partial charge in [-0.2, -0.15) is 43.9 Å². The van der Waals surface area contributed by atoms with Crippen LogP contribution in [0.25, 0.3) is 0 Å². The third-order valence-electron chi connectivity index (χ3n) is 17.1. The quantitative estimate of drug-likeness (QED) is 0.109. The third kappa shape index (κ3) is 9.40. The highest BCUT2D eigenvalue weighted by Crippen LogP contribution is 2.54. The SMILES string of the molecule is C[C@@H](c1cc2c(c(C(F)(F)F)c1)CN(c1cccc(C3(C(F)(F)c4nncn4C)COC3)c1)C2=O)N1CC[C@H](F)C1.C[C@H](c1cc2c(c(C(F)(F)F)c1)CN(c1cccc(C3(C(F)(F)c4nncn4C)COC3)c1)C2=O)N1CC[C@H](F)C1. The van der Waals surface area contributed by atoms with Crippen LogP contribution in [0.2, 0.25) is 0 Å². The first-order chi connectivity index (χ1) is 38.7. The van der Waals surface area contributed by atoms with Crippen LogP contribution in [0.5, 0.6) is 0 Å². The molecule has 0 spiro atoms. The molecule has 0 aliphatic carbocycles. The fraction of sp³-hybridized carbons (Fsp3) is 0.464. The lowest BCUT2D eigenvalue weighted by Crippen LogP contribution is -2.58. The highest BCUT2D eigenvalue weighted by Gasteiger charge is 2.64. The number of aryl methyl sites for hydroxylation is 2. The minimum Gasteiger partial charge on any atom is -0.379 e. The van der Waals surface area contributed by atoms with Gasteiger partial charge in [-0.25, -0.2) is 8.78 Å². The maximum absolute atomic E-state index is 15.9. The van der Waals surface area contributed by atoms with E-state index in [0.717, 1.165) is 21.3 Å². The molecular formula is C56H54F12N10O4. The Morgan fingerprint density at radius 1 is 0.561 bits per heavy atom. The highest BCUT2D eigenvalue weighted by atomic mass is 19.4. The van der Waals surface area contributed by atoms with Crippen LogP contribution in [0.1, 0.15) is 116 Å². The molecule has 4 fully saturated rings. The molecule has 26 heteroatoms. The van der Waals surface area contributed by atoms with Crippen LogP contribution in [-0.4, -0.2) is 116 Å². The number of ether oxygens (including phenoxy) is 2. The normalized spacial score (nSPS) is 21.7. The summed E-state index contributed by atoms with van der Waals surface area (Å²) in [5.74, 6) is -9.42. The zero-order chi connectivity index (χ0) is 58.6. The van der Waals surface area contributed by atoms with Gasteiger partial charge in [-0.05, 0) is 109 Å². The van der Waals surface area contributed by atoms with Gasteiger partial charge in [0.2, 0.25) is 11.6 Å². The lowest BCUT2D eigenvalue weighted by Gasteiger charge is -2.46. The number of halogens is 12. The molecule has 8 heterocycles. The van der Waals surface area contributed by atoms with Gasteiger partial charge in [0.1, 0.15) is 35.8 Å². The molecule has 436 valence electrons. The summed E-state index contributed by atoms with van der Waals surface area (Å²) in [6.07, 6.45) is -8.65. The molecule has 6 aliphatic heterocycles. The average molecular weight is 1160 g/mol. The number of alkyl halides is 12. The first kappa shape index (κ1) is 56.9. The van der Waals surface area contributed by atoms with Crippen molar-refractivity contribution in [3.05, 3.63) is 153 Å². The van der Waals surface area contributed by atoms with Crippen molar-refractivity contribution in [2.75, 3.05) is 62.4 Å². The molecule has 4 saturated heterocycles. The van der Waals surface area contributed by atoms with Crippen LogP contribution in [0, 0.1) is 0 Å². The Labute approximate surface area is 461 Å². The monoisotopic (exact) mass is 1160 g/mol. The van der Waals surface area contributed by atoms with Crippen molar-refractivity contribution in [3.63, 3.8) is 0 Å². The van der Waals surface area contributed by atoms with Crippen LogP contribution >= 0.6 is 0 Å². The van der Waals surface area contributed by atoms with Crippen molar-refractivity contribution in [1.82, 2.24) is 39.3 Å². The summed E-state index contributed by atoms with van der Waals surface area (Å²) in [6.45, 7) is 2.38. The van der Waals surface area contributed by atoms with E-state index in [2.05, 4.69) is 20.4 Å². The summed E-state index contributed by atoms with van der Waals surface area (Å²) < 4.78 is 189. The molecular weight excluding hydrogens is 1100 g/mol. The fourth-order valence-electron chi connectivity index (χ4n) is 12.1. The maximum atomic E-state index is 15.9. The molecule has 82 heavy (non-hydrogen) atoms. The number of nitrogens with zero attached hydrogens (tertiary/aromatic N) is 10.